The molecule has 23 heteroatoms. The number of nitrogens with zero attached hydrogens (tertiary/aromatic N) is 1. The minimum Gasteiger partial charge on any atom is -0.479 e. The number of carboxylic acids is 1. The lowest BCUT2D eigenvalue weighted by molar-refractivity contribution is -0.271. The van der Waals surface area contributed by atoms with Gasteiger partial charge in [-0.25, -0.2) is 4.79 Å². The highest BCUT2D eigenvalue weighted by Crippen LogP contribution is 2.31. The van der Waals surface area contributed by atoms with Crippen LogP contribution in [0.2, 0.25) is 0 Å². The number of ether oxygens (including phenoxy) is 4. The summed E-state index contributed by atoms with van der Waals surface area (Å²) >= 11 is 0. The van der Waals surface area contributed by atoms with Crippen LogP contribution in [0.1, 0.15) is 72.3 Å². The number of nitrogens with two attached hydrogens (primary N) is 1. The van der Waals surface area contributed by atoms with Gasteiger partial charge in [-0.2, -0.15) is 0 Å². The maximum Gasteiger partial charge on any atom is 0.335 e. The number of aliphatic carboxylic acids is 1. The number of carboxylic acid groups (broad SMARTS) is 1. The van der Waals surface area contributed by atoms with E-state index in [0.717, 1.165) is 12.2 Å². The number of hydrogen-bond donors (Lipinski definition) is 9. The predicted octanol–water partition coefficient (Wildman–Crippen LogP) is -1.54. The standard InChI is InChI=1S/C40H57BN6O16/c1-39(2,3)61-20-40(4,5)17-27(49)43-14-7-6-8-22(46-35(56)24(18-42)47-28(50)11-12-29(47)51)34(55)44-15-13-26(48)45-23-16-21(19-60-38(41)59)9-10-25(23)62-37-32(54)30(52)31(53)33(63-37)36(57)58/h9-12,16,22,24,30-33,37,52-54H,6-8,13-15,17-20,42H2,1-5H3,(H,43,49)(H,44,55)(H,45,48)(H,46,56)(H,57,58)/t22?,24?,30-,31-,32+,33-,37+/m0/s1. The quantitative estimate of drug-likeness (QED) is 0.0342. The normalized spacial score (nSPS) is 21.0. The highest BCUT2D eigenvalue weighted by molar-refractivity contribution is 6.55. The van der Waals surface area contributed by atoms with Crippen molar-refractivity contribution in [2.45, 2.75) is 122 Å². The summed E-state index contributed by atoms with van der Waals surface area (Å²) in [5.74, 6) is -7.05. The molecule has 0 bridgehead atoms. The first kappa shape index (κ1) is 51.9. The third-order valence-corrected chi connectivity index (χ3v) is 9.50. The molecule has 2 heterocycles. The van der Waals surface area contributed by atoms with Gasteiger partial charge in [0.25, 0.3) is 11.8 Å². The zero-order chi connectivity index (χ0) is 47.2. The Labute approximate surface area is 365 Å². The monoisotopic (exact) mass is 888 g/mol. The van der Waals surface area contributed by atoms with Crippen molar-refractivity contribution in [1.82, 2.24) is 20.9 Å². The summed E-state index contributed by atoms with van der Waals surface area (Å²) in [4.78, 5) is 101. The smallest absolute Gasteiger partial charge is 0.335 e. The van der Waals surface area contributed by atoms with Gasteiger partial charge in [0, 0.05) is 44.6 Å². The fourth-order valence-corrected chi connectivity index (χ4v) is 6.18. The number of imide groups is 1. The molecule has 3 rings (SSSR count). The van der Waals surface area contributed by atoms with Gasteiger partial charge in [-0.3, -0.25) is 38.5 Å². The predicted molar refractivity (Wildman–Crippen MR) is 220 cm³/mol. The molecule has 1 aromatic carbocycles. The van der Waals surface area contributed by atoms with Gasteiger partial charge < -0.3 is 66.4 Å². The number of amides is 6. The number of carbonyl (C=O) groups is 8. The molecule has 346 valence electrons. The highest BCUT2D eigenvalue weighted by atomic mass is 16.7. The van der Waals surface area contributed by atoms with Crippen molar-refractivity contribution in [3.8, 4) is 5.75 Å². The third-order valence-electron chi connectivity index (χ3n) is 9.50. The third kappa shape index (κ3) is 16.3. The Bertz CT molecular complexity index is 1850. The molecule has 0 aliphatic carbocycles. The van der Waals surface area contributed by atoms with E-state index in [-0.39, 0.29) is 67.5 Å². The van der Waals surface area contributed by atoms with Crippen LogP contribution in [0.4, 0.5) is 10.5 Å². The molecule has 6 amide bonds. The topological polar surface area (TPSA) is 332 Å². The molecule has 2 radical (unpaired) electrons. The van der Waals surface area contributed by atoms with Crippen LogP contribution in [0.3, 0.4) is 0 Å². The lowest BCUT2D eigenvalue weighted by Gasteiger charge is -2.38. The number of rotatable bonds is 23. The van der Waals surface area contributed by atoms with E-state index in [0.29, 0.717) is 24.3 Å². The van der Waals surface area contributed by atoms with Crippen LogP contribution in [-0.2, 0) is 54.4 Å². The zero-order valence-electron chi connectivity index (χ0n) is 35.8. The zero-order valence-corrected chi connectivity index (χ0v) is 35.8. The van der Waals surface area contributed by atoms with Crippen LogP contribution in [-0.4, -0.2) is 155 Å². The molecule has 22 nitrogen and oxygen atoms in total. The van der Waals surface area contributed by atoms with E-state index in [1.807, 2.05) is 34.6 Å². The average Bonchev–Trinajstić information content (AvgIpc) is 3.52. The van der Waals surface area contributed by atoms with Crippen LogP contribution >= 0.6 is 0 Å². The maximum absolute atomic E-state index is 13.5. The van der Waals surface area contributed by atoms with E-state index in [9.17, 15) is 58.8 Å². The van der Waals surface area contributed by atoms with Gasteiger partial charge in [0.05, 0.1) is 17.9 Å². The molecule has 10 N–H and O–H groups in total. The molecular formula is C40H57BN6O16. The second-order valence-corrected chi connectivity index (χ2v) is 16.7. The fraction of sp³-hybridized carbons (Fsp3) is 0.600. The van der Waals surface area contributed by atoms with Crippen molar-refractivity contribution in [2.24, 2.45) is 11.1 Å². The number of unbranched alkanes of at least 4 members (excludes halogenated alkanes) is 1. The fourth-order valence-electron chi connectivity index (χ4n) is 6.18. The molecule has 2 aliphatic rings. The van der Waals surface area contributed by atoms with Gasteiger partial charge in [-0.05, 0) is 63.1 Å². The highest BCUT2D eigenvalue weighted by Gasteiger charge is 2.48. The van der Waals surface area contributed by atoms with E-state index in [4.69, 9.17) is 32.5 Å². The van der Waals surface area contributed by atoms with E-state index in [2.05, 4.69) is 21.3 Å². The number of hydrogen-bond acceptors (Lipinski definition) is 16. The molecule has 1 aromatic rings. The van der Waals surface area contributed by atoms with Crippen LogP contribution in [0.25, 0.3) is 0 Å². The molecule has 63 heavy (non-hydrogen) atoms. The second kappa shape index (κ2) is 23.3. The van der Waals surface area contributed by atoms with Gasteiger partial charge in [0.1, 0.15) is 42.8 Å². The summed E-state index contributed by atoms with van der Waals surface area (Å²) in [5, 5.41) is 50.6. The van der Waals surface area contributed by atoms with Gasteiger partial charge >= 0.3 is 5.97 Å². The van der Waals surface area contributed by atoms with E-state index < -0.39 is 96.1 Å². The molecule has 1 fully saturated rings. The minimum absolute atomic E-state index is 0.0341. The summed E-state index contributed by atoms with van der Waals surface area (Å²) in [6.07, 6.45) is -7.25. The Morgan fingerprint density at radius 2 is 1.57 bits per heavy atom. The molecule has 2 unspecified atom stereocenters. The maximum atomic E-state index is 13.5. The summed E-state index contributed by atoms with van der Waals surface area (Å²) in [6, 6.07) is 1.23. The Kier molecular flexibility index (Phi) is 19.2. The molecule has 0 aromatic heterocycles. The number of anilines is 1. The van der Waals surface area contributed by atoms with Gasteiger partial charge in [-0.1, -0.05) is 19.9 Å². The summed E-state index contributed by atoms with van der Waals surface area (Å²) in [7, 11) is 5.06. The first-order valence-electron chi connectivity index (χ1n) is 20.1. The number of benzene rings is 1. The van der Waals surface area contributed by atoms with Crippen molar-refractivity contribution >= 4 is 60.8 Å². The number of carbonyl (C=O) groups excluding carboxylic acids is 7. The Hall–Kier alpha value is -5.46. The lowest BCUT2D eigenvalue weighted by Crippen LogP contribution is -2.61. The minimum atomic E-state index is -2.00. The first-order chi connectivity index (χ1) is 29.4. The van der Waals surface area contributed by atoms with E-state index in [1.54, 1.807) is 0 Å². The summed E-state index contributed by atoms with van der Waals surface area (Å²) in [6.45, 7) is 9.10. The largest absolute Gasteiger partial charge is 0.479 e. The lowest BCUT2D eigenvalue weighted by atomic mass is 9.89. The molecule has 0 spiro atoms. The van der Waals surface area contributed by atoms with Crippen LogP contribution in [0.15, 0.2) is 30.4 Å². The van der Waals surface area contributed by atoms with Crippen LogP contribution in [0, 0.1) is 5.41 Å². The van der Waals surface area contributed by atoms with Crippen molar-refractivity contribution in [1.29, 1.82) is 0 Å². The van der Waals surface area contributed by atoms with Crippen molar-refractivity contribution in [3.05, 3.63) is 35.9 Å². The van der Waals surface area contributed by atoms with Gasteiger partial charge in [0.15, 0.2) is 6.10 Å². The molecule has 0 saturated carbocycles. The molecule has 1 saturated heterocycles. The average molecular weight is 889 g/mol. The Morgan fingerprint density at radius 3 is 2.17 bits per heavy atom. The number of nitrogens with one attached hydrogen (secondary N) is 4. The molecule has 7 atom stereocenters. The van der Waals surface area contributed by atoms with Gasteiger partial charge in [0.2, 0.25) is 43.6 Å². The van der Waals surface area contributed by atoms with Crippen molar-refractivity contribution in [2.75, 3.05) is 31.6 Å². The SMILES string of the molecule is [B]C(=O)OCc1ccc(O[C@@H]2O[C@H](C(=O)O)[C@@H](O)[C@H](O)[C@H]2O)c(NC(=O)CCNC(=O)C(CCCCNC(=O)CC(C)(C)COC(C)(C)C)NC(=O)C(CN)N2C(=O)C=CC2=O)c1. The Balaban J connectivity index is 1.68. The second-order valence-electron chi connectivity index (χ2n) is 16.7. The Morgan fingerprint density at radius 1 is 0.905 bits per heavy atom. The van der Waals surface area contributed by atoms with Crippen molar-refractivity contribution < 1.29 is 77.7 Å². The summed E-state index contributed by atoms with van der Waals surface area (Å²) in [5.41, 5.74) is 5.12. The van der Waals surface area contributed by atoms with Crippen molar-refractivity contribution in [3.63, 3.8) is 0 Å². The van der Waals surface area contributed by atoms with Gasteiger partial charge in [-0.15, -0.1) is 0 Å². The van der Waals surface area contributed by atoms with Crippen LogP contribution in [0.5, 0.6) is 5.75 Å². The number of aliphatic hydroxyl groups excluding tert-OH is 3. The molecule has 2 aliphatic heterocycles. The first-order valence-corrected chi connectivity index (χ1v) is 20.1. The van der Waals surface area contributed by atoms with Crippen LogP contribution < -0.4 is 31.7 Å². The molecular weight excluding hydrogens is 831 g/mol. The van der Waals surface area contributed by atoms with E-state index >= 15 is 0 Å². The summed E-state index contributed by atoms with van der Waals surface area (Å²) < 4.78 is 21.4. The number of aliphatic hydroxyl groups is 3. The van der Waals surface area contributed by atoms with E-state index in [1.165, 1.54) is 18.2 Å².